The van der Waals surface area contributed by atoms with Crippen molar-refractivity contribution >= 4 is 17.7 Å². The SMILES string of the molecule is Nn1c(SCC(=O)NCC2CC=CCC2)nnc1C1CCCCC1. The third-order valence-corrected chi connectivity index (χ3v) is 5.90. The Hall–Kier alpha value is -1.50. The number of rotatable bonds is 6. The van der Waals surface area contributed by atoms with E-state index in [1.54, 1.807) is 4.68 Å². The molecule has 2 aliphatic carbocycles. The Kier molecular flexibility index (Phi) is 6.18. The molecule has 1 atom stereocenters. The first-order valence-corrected chi connectivity index (χ1v) is 9.97. The van der Waals surface area contributed by atoms with Gasteiger partial charge in [-0.25, -0.2) is 4.68 Å². The summed E-state index contributed by atoms with van der Waals surface area (Å²) in [6.07, 6.45) is 13.8. The number of carbonyl (C=O) groups is 1. The van der Waals surface area contributed by atoms with Gasteiger partial charge in [-0.3, -0.25) is 4.79 Å². The number of nitrogens with zero attached hydrogens (tertiary/aromatic N) is 3. The topological polar surface area (TPSA) is 85.8 Å². The van der Waals surface area contributed by atoms with Gasteiger partial charge < -0.3 is 11.2 Å². The van der Waals surface area contributed by atoms with Crippen LogP contribution < -0.4 is 11.2 Å². The molecule has 0 aromatic carbocycles. The van der Waals surface area contributed by atoms with Crippen molar-refractivity contribution in [1.29, 1.82) is 0 Å². The molecule has 1 fully saturated rings. The molecule has 1 aromatic rings. The summed E-state index contributed by atoms with van der Waals surface area (Å²) in [6.45, 7) is 0.756. The summed E-state index contributed by atoms with van der Waals surface area (Å²) < 4.78 is 1.58. The van der Waals surface area contributed by atoms with E-state index in [-0.39, 0.29) is 5.91 Å². The van der Waals surface area contributed by atoms with E-state index in [1.165, 1.54) is 31.0 Å². The lowest BCUT2D eigenvalue weighted by atomic mass is 9.89. The summed E-state index contributed by atoms with van der Waals surface area (Å²) in [6, 6.07) is 0. The van der Waals surface area contributed by atoms with E-state index in [2.05, 4.69) is 27.7 Å². The lowest BCUT2D eigenvalue weighted by Crippen LogP contribution is -2.31. The highest BCUT2D eigenvalue weighted by Gasteiger charge is 2.22. The molecule has 2 aliphatic rings. The zero-order valence-corrected chi connectivity index (χ0v) is 14.9. The summed E-state index contributed by atoms with van der Waals surface area (Å²) in [5.41, 5.74) is 0. The maximum atomic E-state index is 12.0. The van der Waals surface area contributed by atoms with Gasteiger partial charge in [0, 0.05) is 12.5 Å². The number of nitrogens with two attached hydrogens (primary N) is 1. The Morgan fingerprint density at radius 2 is 2.08 bits per heavy atom. The van der Waals surface area contributed by atoms with Crippen molar-refractivity contribution in [2.45, 2.75) is 62.4 Å². The minimum atomic E-state index is 0.0387. The quantitative estimate of drug-likeness (QED) is 0.468. The maximum Gasteiger partial charge on any atom is 0.230 e. The van der Waals surface area contributed by atoms with E-state index >= 15 is 0 Å². The van der Waals surface area contributed by atoms with E-state index in [1.807, 2.05) is 0 Å². The lowest BCUT2D eigenvalue weighted by molar-refractivity contribution is -0.118. The Balaban J connectivity index is 1.45. The molecule has 0 bridgehead atoms. The lowest BCUT2D eigenvalue weighted by Gasteiger charge is -2.20. The first-order valence-electron chi connectivity index (χ1n) is 8.99. The predicted octanol–water partition coefficient (Wildman–Crippen LogP) is 2.60. The second kappa shape index (κ2) is 8.55. The fourth-order valence-corrected chi connectivity index (χ4v) is 4.20. The average molecular weight is 350 g/mol. The summed E-state index contributed by atoms with van der Waals surface area (Å²) >= 11 is 1.36. The summed E-state index contributed by atoms with van der Waals surface area (Å²) in [5.74, 6) is 8.37. The standard InChI is InChI=1S/C17H27N5OS/c18-22-16(14-9-5-2-6-10-14)20-21-17(22)24-12-15(23)19-11-13-7-3-1-4-8-13/h1,3,13-14H,2,4-12,18H2,(H,19,23). The van der Waals surface area contributed by atoms with Gasteiger partial charge in [0.25, 0.3) is 0 Å². The molecular weight excluding hydrogens is 322 g/mol. The third kappa shape index (κ3) is 4.53. The number of hydrogen-bond donors (Lipinski definition) is 2. The van der Waals surface area contributed by atoms with Gasteiger partial charge in [0.15, 0.2) is 5.82 Å². The van der Waals surface area contributed by atoms with Crippen LogP contribution in [0.25, 0.3) is 0 Å². The van der Waals surface area contributed by atoms with E-state index in [9.17, 15) is 4.79 Å². The summed E-state index contributed by atoms with van der Waals surface area (Å²) in [4.78, 5) is 12.0. The summed E-state index contributed by atoms with van der Waals surface area (Å²) in [7, 11) is 0. The second-order valence-corrected chi connectivity index (χ2v) is 7.73. The van der Waals surface area contributed by atoms with Crippen molar-refractivity contribution < 1.29 is 4.79 Å². The van der Waals surface area contributed by atoms with Crippen LogP contribution in [0.4, 0.5) is 0 Å². The molecule has 6 nitrogen and oxygen atoms in total. The van der Waals surface area contributed by atoms with E-state index in [0.29, 0.717) is 22.7 Å². The number of carbonyl (C=O) groups excluding carboxylic acids is 1. The monoisotopic (exact) mass is 349 g/mol. The third-order valence-electron chi connectivity index (χ3n) is 4.96. The highest BCUT2D eigenvalue weighted by atomic mass is 32.2. The van der Waals surface area contributed by atoms with Gasteiger partial charge in [-0.2, -0.15) is 0 Å². The van der Waals surface area contributed by atoms with Crippen LogP contribution in [0.2, 0.25) is 0 Å². The summed E-state index contributed by atoms with van der Waals surface area (Å²) in [5, 5.41) is 12.1. The fraction of sp³-hybridized carbons (Fsp3) is 0.706. The van der Waals surface area contributed by atoms with Gasteiger partial charge in [0.2, 0.25) is 11.1 Å². The predicted molar refractivity (Wildman–Crippen MR) is 96.2 cm³/mol. The van der Waals surface area contributed by atoms with Crippen molar-refractivity contribution in [3.05, 3.63) is 18.0 Å². The zero-order valence-electron chi connectivity index (χ0n) is 14.1. The van der Waals surface area contributed by atoms with Gasteiger partial charge in [-0.05, 0) is 38.0 Å². The molecule has 3 N–H and O–H groups in total. The van der Waals surface area contributed by atoms with Crippen LogP contribution in [0.1, 0.15) is 63.1 Å². The molecule has 132 valence electrons. The first kappa shape index (κ1) is 17.3. The fourth-order valence-electron chi connectivity index (χ4n) is 3.51. The van der Waals surface area contributed by atoms with Gasteiger partial charge in [-0.15, -0.1) is 10.2 Å². The van der Waals surface area contributed by atoms with Crippen LogP contribution in [0.15, 0.2) is 17.3 Å². The molecule has 1 saturated carbocycles. The molecule has 0 radical (unpaired) electrons. The van der Waals surface area contributed by atoms with Crippen LogP contribution >= 0.6 is 11.8 Å². The smallest absolute Gasteiger partial charge is 0.230 e. The van der Waals surface area contributed by atoms with E-state index in [4.69, 9.17) is 5.84 Å². The Bertz CT molecular complexity index is 580. The number of thioether (sulfide) groups is 1. The molecule has 1 amide bonds. The number of aromatic nitrogens is 3. The van der Waals surface area contributed by atoms with Crippen LogP contribution in [-0.2, 0) is 4.79 Å². The average Bonchev–Trinajstić information content (AvgIpc) is 3.00. The molecule has 24 heavy (non-hydrogen) atoms. The Morgan fingerprint density at radius 3 is 2.83 bits per heavy atom. The van der Waals surface area contributed by atoms with Gasteiger partial charge in [0.05, 0.1) is 5.75 Å². The number of nitrogens with one attached hydrogen (secondary N) is 1. The largest absolute Gasteiger partial charge is 0.355 e. The number of nitrogen functional groups attached to an aromatic ring is 1. The van der Waals surface area contributed by atoms with Crippen LogP contribution in [-0.4, -0.2) is 33.1 Å². The van der Waals surface area contributed by atoms with Gasteiger partial charge in [-0.1, -0.05) is 43.2 Å². The normalized spacial score (nSPS) is 21.8. The van der Waals surface area contributed by atoms with Crippen LogP contribution in [0.3, 0.4) is 0 Å². The van der Waals surface area contributed by atoms with E-state index in [0.717, 1.165) is 44.5 Å². The minimum Gasteiger partial charge on any atom is -0.355 e. The number of amides is 1. The Morgan fingerprint density at radius 1 is 1.25 bits per heavy atom. The van der Waals surface area contributed by atoms with Crippen molar-refractivity contribution in [2.75, 3.05) is 18.1 Å². The van der Waals surface area contributed by atoms with Crippen LogP contribution in [0, 0.1) is 5.92 Å². The number of hydrogen-bond acceptors (Lipinski definition) is 5. The molecule has 1 unspecified atom stereocenters. The van der Waals surface area contributed by atoms with Crippen molar-refractivity contribution in [3.8, 4) is 0 Å². The molecule has 3 rings (SSSR count). The zero-order chi connectivity index (χ0) is 16.8. The van der Waals surface area contributed by atoms with Crippen molar-refractivity contribution in [1.82, 2.24) is 20.2 Å². The molecule has 1 aromatic heterocycles. The number of allylic oxidation sites excluding steroid dienone is 2. The second-order valence-electron chi connectivity index (χ2n) is 6.79. The van der Waals surface area contributed by atoms with E-state index < -0.39 is 0 Å². The highest BCUT2D eigenvalue weighted by molar-refractivity contribution is 7.99. The molecule has 0 spiro atoms. The first-order chi connectivity index (χ1) is 11.7. The minimum absolute atomic E-state index is 0.0387. The van der Waals surface area contributed by atoms with Crippen molar-refractivity contribution in [2.24, 2.45) is 5.92 Å². The molecular formula is C17H27N5OS. The van der Waals surface area contributed by atoms with Crippen LogP contribution in [0.5, 0.6) is 0 Å². The molecule has 0 aliphatic heterocycles. The Labute approximate surface area is 147 Å². The maximum absolute atomic E-state index is 12.0. The molecule has 7 heteroatoms. The molecule has 0 saturated heterocycles. The highest BCUT2D eigenvalue weighted by Crippen LogP contribution is 2.32. The van der Waals surface area contributed by atoms with Gasteiger partial charge >= 0.3 is 0 Å². The van der Waals surface area contributed by atoms with Crippen molar-refractivity contribution in [3.63, 3.8) is 0 Å². The van der Waals surface area contributed by atoms with Gasteiger partial charge in [0.1, 0.15) is 0 Å². The molecule has 1 heterocycles.